The maximum absolute atomic E-state index is 10.6. The van der Waals surface area contributed by atoms with E-state index in [2.05, 4.69) is 5.16 Å². The van der Waals surface area contributed by atoms with Crippen molar-refractivity contribution in [1.29, 1.82) is 0 Å². The van der Waals surface area contributed by atoms with Crippen LogP contribution in [0.4, 0.5) is 0 Å². The molecule has 0 aliphatic carbocycles. The Kier molecular flexibility index (Phi) is 1.80. The molecule has 1 aromatic heterocycles. The van der Waals surface area contributed by atoms with E-state index >= 15 is 0 Å². The summed E-state index contributed by atoms with van der Waals surface area (Å²) in [6.07, 6.45) is 0.755. The fourth-order valence-corrected chi connectivity index (χ4v) is 2.14. The molecule has 4 nitrogen and oxygen atoms in total. The minimum Gasteiger partial charge on any atom is -0.475 e. The second kappa shape index (κ2) is 2.82. The van der Waals surface area contributed by atoms with E-state index in [0.29, 0.717) is 0 Å². The first-order chi connectivity index (χ1) is 5.79. The van der Waals surface area contributed by atoms with Crippen molar-refractivity contribution in [2.24, 2.45) is 0 Å². The number of nitrogens with zero attached hydrogens (tertiary/aromatic N) is 1. The van der Waals surface area contributed by atoms with Crippen LogP contribution in [0.15, 0.2) is 4.52 Å². The second-order valence-electron chi connectivity index (χ2n) is 2.54. The zero-order valence-corrected chi connectivity index (χ0v) is 7.06. The van der Waals surface area contributed by atoms with Crippen molar-refractivity contribution < 1.29 is 14.4 Å². The molecule has 1 aliphatic heterocycles. The lowest BCUT2D eigenvalue weighted by molar-refractivity contribution is 0.0650. The molecule has 0 unspecified atom stereocenters. The van der Waals surface area contributed by atoms with Gasteiger partial charge in [0.05, 0.1) is 5.69 Å². The first kappa shape index (κ1) is 7.67. The number of rotatable bonds is 1. The van der Waals surface area contributed by atoms with Crippen molar-refractivity contribution in [2.45, 2.75) is 12.2 Å². The molecule has 2 heterocycles. The van der Waals surface area contributed by atoms with E-state index in [1.807, 2.05) is 0 Å². The van der Waals surface area contributed by atoms with Crippen LogP contribution in [0.3, 0.4) is 0 Å². The molecule has 0 saturated heterocycles. The Balaban J connectivity index is 2.44. The minimum atomic E-state index is -1.02. The lowest BCUT2D eigenvalue weighted by Crippen LogP contribution is -2.05. The molecule has 2 rings (SSSR count). The molecule has 0 atom stereocenters. The van der Waals surface area contributed by atoms with Crippen LogP contribution in [0, 0.1) is 0 Å². The second-order valence-corrected chi connectivity index (χ2v) is 3.65. The van der Waals surface area contributed by atoms with Gasteiger partial charge in [-0.3, -0.25) is 0 Å². The molecular formula is C7H7NO3S. The summed E-state index contributed by atoms with van der Waals surface area (Å²) in [5, 5.41) is 12.4. The van der Waals surface area contributed by atoms with Gasteiger partial charge in [-0.1, -0.05) is 5.16 Å². The van der Waals surface area contributed by atoms with Gasteiger partial charge in [-0.15, -0.1) is 0 Å². The highest BCUT2D eigenvalue weighted by atomic mass is 32.2. The van der Waals surface area contributed by atoms with Crippen LogP contribution in [0.5, 0.6) is 0 Å². The van der Waals surface area contributed by atoms with Gasteiger partial charge in [-0.25, -0.2) is 4.79 Å². The van der Waals surface area contributed by atoms with E-state index in [1.165, 1.54) is 0 Å². The summed E-state index contributed by atoms with van der Waals surface area (Å²) in [5.74, 6) is 0.724. The van der Waals surface area contributed by atoms with Gasteiger partial charge in [-0.2, -0.15) is 11.8 Å². The summed E-state index contributed by atoms with van der Waals surface area (Å²) in [5.41, 5.74) is 1.57. The van der Waals surface area contributed by atoms with E-state index in [-0.39, 0.29) is 5.76 Å². The van der Waals surface area contributed by atoms with Crippen molar-refractivity contribution >= 4 is 17.7 Å². The lowest BCUT2D eigenvalue weighted by atomic mass is 10.1. The van der Waals surface area contributed by atoms with Crippen LogP contribution < -0.4 is 0 Å². The molecule has 0 aromatic carbocycles. The van der Waals surface area contributed by atoms with E-state index in [0.717, 1.165) is 29.2 Å². The molecule has 0 fully saturated rings. The van der Waals surface area contributed by atoms with Crippen LogP contribution >= 0.6 is 11.8 Å². The molecule has 1 aromatic rings. The summed E-state index contributed by atoms with van der Waals surface area (Å²) in [6.45, 7) is 0. The van der Waals surface area contributed by atoms with Gasteiger partial charge >= 0.3 is 5.97 Å². The maximum Gasteiger partial charge on any atom is 0.375 e. The Morgan fingerprint density at radius 1 is 1.67 bits per heavy atom. The smallest absolute Gasteiger partial charge is 0.375 e. The molecular weight excluding hydrogens is 178 g/mol. The number of aromatic carboxylic acids is 1. The minimum absolute atomic E-state index is 0.0188. The number of thioether (sulfide) groups is 1. The number of carboxylic acid groups (broad SMARTS) is 1. The first-order valence-electron chi connectivity index (χ1n) is 3.57. The third kappa shape index (κ3) is 1.10. The van der Waals surface area contributed by atoms with Crippen molar-refractivity contribution in [2.75, 3.05) is 5.75 Å². The fourth-order valence-electron chi connectivity index (χ4n) is 1.22. The normalized spacial score (nSPS) is 15.7. The average molecular weight is 185 g/mol. The number of carboxylic acids is 1. The Labute approximate surface area is 72.9 Å². The summed E-state index contributed by atoms with van der Waals surface area (Å²) in [4.78, 5) is 10.6. The quantitative estimate of drug-likeness (QED) is 0.711. The number of aromatic nitrogens is 1. The molecule has 0 amide bonds. The van der Waals surface area contributed by atoms with E-state index in [1.54, 1.807) is 11.8 Å². The number of fused-ring (bicyclic) bond motifs is 1. The topological polar surface area (TPSA) is 63.3 Å². The lowest BCUT2D eigenvalue weighted by Gasteiger charge is -2.06. The van der Waals surface area contributed by atoms with E-state index in [4.69, 9.17) is 9.63 Å². The molecule has 64 valence electrons. The van der Waals surface area contributed by atoms with Crippen LogP contribution in [-0.4, -0.2) is 22.0 Å². The predicted molar refractivity (Wildman–Crippen MR) is 43.3 cm³/mol. The first-order valence-corrected chi connectivity index (χ1v) is 4.73. The Bertz CT molecular complexity index is 320. The summed E-state index contributed by atoms with van der Waals surface area (Å²) in [6, 6.07) is 0. The molecule has 12 heavy (non-hydrogen) atoms. The molecule has 1 N–H and O–H groups in total. The fraction of sp³-hybridized carbons (Fsp3) is 0.429. The third-order valence-corrected chi connectivity index (χ3v) is 2.77. The number of hydrogen-bond donors (Lipinski definition) is 1. The van der Waals surface area contributed by atoms with E-state index < -0.39 is 5.97 Å². The van der Waals surface area contributed by atoms with Gasteiger partial charge in [-0.05, 0) is 12.2 Å². The van der Waals surface area contributed by atoms with Crippen molar-refractivity contribution in [3.05, 3.63) is 17.0 Å². The highest BCUT2D eigenvalue weighted by Gasteiger charge is 2.23. The summed E-state index contributed by atoms with van der Waals surface area (Å²) < 4.78 is 4.72. The average Bonchev–Trinajstić information content (AvgIpc) is 2.47. The molecule has 5 heteroatoms. The zero-order chi connectivity index (χ0) is 8.55. The Morgan fingerprint density at radius 2 is 2.50 bits per heavy atom. The monoisotopic (exact) mass is 185 g/mol. The van der Waals surface area contributed by atoms with Crippen LogP contribution in [0.25, 0.3) is 0 Å². The molecule has 0 spiro atoms. The van der Waals surface area contributed by atoms with Gasteiger partial charge in [0.15, 0.2) is 0 Å². The summed E-state index contributed by atoms with van der Waals surface area (Å²) >= 11 is 1.75. The molecule has 1 aliphatic rings. The molecule has 0 bridgehead atoms. The molecule has 0 saturated carbocycles. The Morgan fingerprint density at radius 3 is 3.25 bits per heavy atom. The number of carbonyl (C=O) groups is 1. The van der Waals surface area contributed by atoms with Crippen molar-refractivity contribution in [3.63, 3.8) is 0 Å². The van der Waals surface area contributed by atoms with E-state index in [9.17, 15) is 4.79 Å². The molecule has 0 radical (unpaired) electrons. The van der Waals surface area contributed by atoms with Crippen LogP contribution in [0.2, 0.25) is 0 Å². The highest BCUT2D eigenvalue weighted by Crippen LogP contribution is 2.26. The largest absolute Gasteiger partial charge is 0.475 e. The number of hydrogen-bond acceptors (Lipinski definition) is 4. The van der Waals surface area contributed by atoms with Crippen LogP contribution in [-0.2, 0) is 12.2 Å². The zero-order valence-electron chi connectivity index (χ0n) is 6.24. The van der Waals surface area contributed by atoms with Gasteiger partial charge in [0.2, 0.25) is 5.76 Å². The SMILES string of the molecule is O=C(O)c1onc2c1CCSC2. The predicted octanol–water partition coefficient (Wildman–Crippen LogP) is 1.16. The van der Waals surface area contributed by atoms with Gasteiger partial charge < -0.3 is 9.63 Å². The standard InChI is InChI=1S/C7H7NO3S/c9-7(10)6-4-1-2-12-3-5(4)8-11-6/h1-3H2,(H,9,10). The summed E-state index contributed by atoms with van der Waals surface area (Å²) in [7, 11) is 0. The van der Waals surface area contributed by atoms with Crippen molar-refractivity contribution in [3.8, 4) is 0 Å². The highest BCUT2D eigenvalue weighted by molar-refractivity contribution is 7.98. The van der Waals surface area contributed by atoms with Gasteiger partial charge in [0.1, 0.15) is 0 Å². The third-order valence-electron chi connectivity index (χ3n) is 1.80. The van der Waals surface area contributed by atoms with Gasteiger partial charge in [0.25, 0.3) is 0 Å². The maximum atomic E-state index is 10.6. The van der Waals surface area contributed by atoms with Crippen LogP contribution in [0.1, 0.15) is 21.8 Å². The van der Waals surface area contributed by atoms with Crippen molar-refractivity contribution in [1.82, 2.24) is 5.16 Å². The van der Waals surface area contributed by atoms with Gasteiger partial charge in [0, 0.05) is 11.3 Å². The Hall–Kier alpha value is -0.970.